The second-order valence-corrected chi connectivity index (χ2v) is 9.78. The minimum absolute atomic E-state index is 0.0779. The molecule has 0 aliphatic carbocycles. The van der Waals surface area contributed by atoms with E-state index in [-0.39, 0.29) is 11.8 Å². The highest BCUT2D eigenvalue weighted by Crippen LogP contribution is 2.29. The number of nitrogens with zero attached hydrogens (tertiary/aromatic N) is 1. The highest BCUT2D eigenvalue weighted by Gasteiger charge is 2.48. The summed E-state index contributed by atoms with van der Waals surface area (Å²) in [5, 5.41) is 50.0. The Kier molecular flexibility index (Phi) is 8.61. The predicted octanol–water partition coefficient (Wildman–Crippen LogP) is 1.33. The Morgan fingerprint density at radius 3 is 2.25 bits per heavy atom. The van der Waals surface area contributed by atoms with Gasteiger partial charge < -0.3 is 35.0 Å². The van der Waals surface area contributed by atoms with E-state index in [0.29, 0.717) is 11.5 Å². The molecule has 2 fully saturated rings. The van der Waals surface area contributed by atoms with Crippen molar-refractivity contribution in [1.82, 2.24) is 4.90 Å². The number of rotatable bonds is 8. The largest absolute Gasteiger partial charge is 0.479 e. The maximum Gasteiger partial charge on any atom is 0.335 e. The van der Waals surface area contributed by atoms with E-state index in [4.69, 9.17) is 14.6 Å². The van der Waals surface area contributed by atoms with Crippen molar-refractivity contribution in [1.29, 1.82) is 0 Å². The molecule has 7 atom stereocenters. The standard InChI is InChI=1S/C27H35NO8/c1-16(28-13-11-18(12-14-28)15-17-5-3-2-4-6-17)21(29)19-7-9-20(10-8-19)35-27-24(32)22(30)23(31)25(36-27)26(33)34/h2-10,16,18,21-25,27,29-32H,11-15H2,1H3,(H,33,34)/t16?,21?,22-,23-,24+,25-,27+/m0/s1. The summed E-state index contributed by atoms with van der Waals surface area (Å²) in [6.07, 6.45) is -5.82. The Bertz CT molecular complexity index is 979. The number of ether oxygens (including phenoxy) is 2. The fourth-order valence-electron chi connectivity index (χ4n) is 5.02. The Morgan fingerprint density at radius 1 is 1.00 bits per heavy atom. The van der Waals surface area contributed by atoms with Crippen LogP contribution in [0.15, 0.2) is 54.6 Å². The summed E-state index contributed by atoms with van der Waals surface area (Å²) in [6, 6.07) is 17.0. The SMILES string of the molecule is CC(C(O)c1ccc(O[C@@H]2O[C@H](C(=O)O)[C@@H](O)[C@H](O)[C@H]2O)cc1)N1CCC(Cc2ccccc2)CC1. The van der Waals surface area contributed by atoms with Crippen molar-refractivity contribution in [3.63, 3.8) is 0 Å². The number of carbonyl (C=O) groups is 1. The van der Waals surface area contributed by atoms with Crippen LogP contribution in [0.3, 0.4) is 0 Å². The van der Waals surface area contributed by atoms with Gasteiger partial charge in [0.05, 0.1) is 6.10 Å². The van der Waals surface area contributed by atoms with Crippen LogP contribution in [0.1, 0.15) is 37.0 Å². The quantitative estimate of drug-likeness (QED) is 0.362. The Hall–Kier alpha value is -2.53. The summed E-state index contributed by atoms with van der Waals surface area (Å²) in [4.78, 5) is 13.6. The summed E-state index contributed by atoms with van der Waals surface area (Å²) in [7, 11) is 0. The fourth-order valence-corrected chi connectivity index (χ4v) is 5.02. The van der Waals surface area contributed by atoms with Crippen LogP contribution in [0.5, 0.6) is 5.75 Å². The lowest BCUT2D eigenvalue weighted by atomic mass is 9.89. The molecule has 196 valence electrons. The zero-order valence-electron chi connectivity index (χ0n) is 20.3. The van der Waals surface area contributed by atoms with Gasteiger partial charge in [-0.3, -0.25) is 4.90 Å². The molecule has 5 N–H and O–H groups in total. The smallest absolute Gasteiger partial charge is 0.335 e. The lowest BCUT2D eigenvalue weighted by Gasteiger charge is -2.38. The zero-order chi connectivity index (χ0) is 25.8. The highest BCUT2D eigenvalue weighted by atomic mass is 16.7. The number of carboxylic acid groups (broad SMARTS) is 1. The number of hydrogen-bond donors (Lipinski definition) is 5. The van der Waals surface area contributed by atoms with Crippen LogP contribution >= 0.6 is 0 Å². The number of carboxylic acids is 1. The maximum atomic E-state index is 11.3. The van der Waals surface area contributed by atoms with Crippen LogP contribution in [0.4, 0.5) is 0 Å². The molecule has 36 heavy (non-hydrogen) atoms. The van der Waals surface area contributed by atoms with Crippen molar-refractivity contribution in [2.75, 3.05) is 13.1 Å². The van der Waals surface area contributed by atoms with Gasteiger partial charge in [0.2, 0.25) is 6.29 Å². The summed E-state index contributed by atoms with van der Waals surface area (Å²) in [5.74, 6) is -0.571. The second-order valence-electron chi connectivity index (χ2n) is 9.78. The van der Waals surface area contributed by atoms with Gasteiger partial charge in [-0.15, -0.1) is 0 Å². The highest BCUT2D eigenvalue weighted by molar-refractivity contribution is 5.73. The molecule has 0 saturated carbocycles. The van der Waals surface area contributed by atoms with Crippen LogP contribution in [-0.4, -0.2) is 86.2 Å². The number of likely N-dealkylation sites (tertiary alicyclic amines) is 1. The first kappa shape index (κ1) is 26.5. The van der Waals surface area contributed by atoms with Crippen molar-refractivity contribution in [2.24, 2.45) is 5.92 Å². The van der Waals surface area contributed by atoms with Crippen molar-refractivity contribution in [3.05, 3.63) is 65.7 Å². The molecule has 2 heterocycles. The predicted molar refractivity (Wildman–Crippen MR) is 130 cm³/mol. The first-order valence-corrected chi connectivity index (χ1v) is 12.4. The molecule has 9 heteroatoms. The minimum Gasteiger partial charge on any atom is -0.479 e. The third-order valence-corrected chi connectivity index (χ3v) is 7.34. The fraction of sp³-hybridized carbons (Fsp3) is 0.519. The van der Waals surface area contributed by atoms with Crippen LogP contribution < -0.4 is 4.74 Å². The van der Waals surface area contributed by atoms with Crippen molar-refractivity contribution in [3.8, 4) is 5.75 Å². The van der Waals surface area contributed by atoms with Crippen LogP contribution in [0, 0.1) is 5.92 Å². The number of benzene rings is 2. The molecule has 2 aliphatic heterocycles. The van der Waals surface area contributed by atoms with Gasteiger partial charge in [-0.05, 0) is 68.5 Å². The normalized spacial score (nSPS) is 29.4. The van der Waals surface area contributed by atoms with Crippen LogP contribution in [-0.2, 0) is 16.0 Å². The van der Waals surface area contributed by atoms with E-state index in [1.165, 1.54) is 5.56 Å². The number of aliphatic hydroxyl groups is 4. The number of aliphatic hydroxyl groups excluding tert-OH is 4. The number of piperidine rings is 1. The van der Waals surface area contributed by atoms with Gasteiger partial charge in [-0.25, -0.2) is 4.79 Å². The molecule has 2 aromatic carbocycles. The molecule has 0 aromatic heterocycles. The third-order valence-electron chi connectivity index (χ3n) is 7.34. The first-order valence-electron chi connectivity index (χ1n) is 12.4. The van der Waals surface area contributed by atoms with Gasteiger partial charge in [-0.2, -0.15) is 0 Å². The minimum atomic E-state index is -1.78. The second kappa shape index (κ2) is 11.7. The lowest BCUT2D eigenvalue weighted by molar-refractivity contribution is -0.271. The summed E-state index contributed by atoms with van der Waals surface area (Å²) >= 11 is 0. The molecule has 2 unspecified atom stereocenters. The van der Waals surface area contributed by atoms with E-state index < -0.39 is 42.8 Å². The van der Waals surface area contributed by atoms with E-state index in [2.05, 4.69) is 29.2 Å². The van der Waals surface area contributed by atoms with Crippen LogP contribution in [0.2, 0.25) is 0 Å². The van der Waals surface area contributed by atoms with Crippen molar-refractivity contribution < 1.29 is 39.8 Å². The average molecular weight is 502 g/mol. The maximum absolute atomic E-state index is 11.3. The molecule has 2 aliphatic rings. The molecule has 0 bridgehead atoms. The molecule has 4 rings (SSSR count). The van der Waals surface area contributed by atoms with Gasteiger partial charge in [-0.1, -0.05) is 42.5 Å². The van der Waals surface area contributed by atoms with Crippen LogP contribution in [0.25, 0.3) is 0 Å². The molecule has 0 amide bonds. The summed E-state index contributed by atoms with van der Waals surface area (Å²) in [6.45, 7) is 3.86. The van der Waals surface area contributed by atoms with Gasteiger partial charge in [0.15, 0.2) is 6.10 Å². The van der Waals surface area contributed by atoms with Crippen molar-refractivity contribution >= 4 is 5.97 Å². The van der Waals surface area contributed by atoms with Gasteiger partial charge >= 0.3 is 5.97 Å². The molecule has 2 saturated heterocycles. The van der Waals surface area contributed by atoms with E-state index in [9.17, 15) is 25.2 Å². The number of aliphatic carboxylic acids is 1. The zero-order valence-corrected chi connectivity index (χ0v) is 20.3. The number of hydrogen-bond acceptors (Lipinski definition) is 8. The molecular weight excluding hydrogens is 466 g/mol. The van der Waals surface area contributed by atoms with Gasteiger partial charge in [0, 0.05) is 6.04 Å². The Balaban J connectivity index is 1.31. The summed E-state index contributed by atoms with van der Waals surface area (Å²) in [5.41, 5.74) is 2.06. The summed E-state index contributed by atoms with van der Waals surface area (Å²) < 4.78 is 10.7. The van der Waals surface area contributed by atoms with Crippen molar-refractivity contribution in [2.45, 2.75) is 69.0 Å². The molecule has 9 nitrogen and oxygen atoms in total. The third kappa shape index (κ3) is 6.05. The van der Waals surface area contributed by atoms with E-state index >= 15 is 0 Å². The van der Waals surface area contributed by atoms with Gasteiger partial charge in [0.25, 0.3) is 0 Å². The Labute approximate surface area is 210 Å². The van der Waals surface area contributed by atoms with E-state index in [0.717, 1.165) is 32.4 Å². The van der Waals surface area contributed by atoms with E-state index in [1.54, 1.807) is 24.3 Å². The molecule has 2 aromatic rings. The Morgan fingerprint density at radius 2 is 1.64 bits per heavy atom. The topological polar surface area (TPSA) is 140 Å². The average Bonchev–Trinajstić information content (AvgIpc) is 2.89. The lowest BCUT2D eigenvalue weighted by Crippen LogP contribution is -2.61. The molecular formula is C27H35NO8. The van der Waals surface area contributed by atoms with E-state index in [1.807, 2.05) is 13.0 Å². The van der Waals surface area contributed by atoms with Gasteiger partial charge in [0.1, 0.15) is 24.1 Å². The first-order chi connectivity index (χ1) is 17.2. The monoisotopic (exact) mass is 501 g/mol. The molecule has 0 spiro atoms. The molecule has 0 radical (unpaired) electrons.